The summed E-state index contributed by atoms with van der Waals surface area (Å²) in [5, 5.41) is 0. The molecule has 0 fully saturated rings. The highest BCUT2D eigenvalue weighted by atomic mass is 19.4. The molecule has 0 aliphatic rings. The fourth-order valence-electron chi connectivity index (χ4n) is 2.42. The minimum atomic E-state index is -4.46. The van der Waals surface area contributed by atoms with Gasteiger partial charge in [0.2, 0.25) is 0 Å². The smallest absolute Gasteiger partial charge is 0.415 e. The number of hydrogen-bond donors (Lipinski definition) is 0. The van der Waals surface area contributed by atoms with Gasteiger partial charge in [-0.05, 0) is 76.2 Å². The van der Waals surface area contributed by atoms with Gasteiger partial charge in [0.05, 0.1) is 11.1 Å². The predicted octanol–water partition coefficient (Wildman–Crippen LogP) is 6.84. The van der Waals surface area contributed by atoms with Gasteiger partial charge in [0.25, 0.3) is 0 Å². The molecule has 0 aliphatic heterocycles. The number of rotatable bonds is 2. The monoisotopic (exact) mass is 482 g/mol. The number of alkyl halides is 6. The molecule has 3 nitrogen and oxygen atoms in total. The highest BCUT2D eigenvalue weighted by Crippen LogP contribution is 2.30. The molecule has 0 spiro atoms. The van der Waals surface area contributed by atoms with E-state index in [0.29, 0.717) is 11.1 Å². The van der Waals surface area contributed by atoms with E-state index in [1.54, 1.807) is 0 Å². The number of ether oxygens (including phenoxy) is 2. The van der Waals surface area contributed by atoms with E-state index in [-0.39, 0.29) is 0 Å². The topological polar surface area (TPSA) is 35.5 Å². The van der Waals surface area contributed by atoms with Gasteiger partial charge in [0, 0.05) is 11.1 Å². The van der Waals surface area contributed by atoms with Crippen molar-refractivity contribution in [3.8, 4) is 23.7 Å². The Morgan fingerprint density at radius 3 is 1.18 bits per heavy atom. The second-order valence-electron chi connectivity index (χ2n) is 8.12. The van der Waals surface area contributed by atoms with E-state index in [1.807, 2.05) is 0 Å². The third kappa shape index (κ3) is 8.40. The molecule has 0 heterocycles. The summed E-state index contributed by atoms with van der Waals surface area (Å²) in [4.78, 5) is 12.2. The van der Waals surface area contributed by atoms with Crippen LogP contribution in [0.5, 0.6) is 0 Å². The zero-order valence-electron chi connectivity index (χ0n) is 18.6. The first-order valence-corrected chi connectivity index (χ1v) is 9.80. The maximum absolute atomic E-state index is 12.6. The lowest BCUT2D eigenvalue weighted by Gasteiger charge is -2.23. The van der Waals surface area contributed by atoms with Crippen molar-refractivity contribution in [2.24, 2.45) is 0 Å². The van der Waals surface area contributed by atoms with Crippen molar-refractivity contribution in [1.29, 1.82) is 0 Å². The van der Waals surface area contributed by atoms with Crippen molar-refractivity contribution in [2.45, 2.75) is 51.2 Å². The Morgan fingerprint density at radius 2 is 0.912 bits per heavy atom. The fourth-order valence-corrected chi connectivity index (χ4v) is 2.42. The van der Waals surface area contributed by atoms with E-state index in [4.69, 9.17) is 9.47 Å². The quantitative estimate of drug-likeness (QED) is 0.267. The van der Waals surface area contributed by atoms with Crippen LogP contribution in [0.15, 0.2) is 48.5 Å². The average Bonchev–Trinajstić information content (AvgIpc) is 2.69. The maximum atomic E-state index is 12.6. The van der Waals surface area contributed by atoms with Gasteiger partial charge in [-0.2, -0.15) is 26.3 Å². The molecule has 34 heavy (non-hydrogen) atoms. The molecule has 0 N–H and O–H groups in total. The first-order chi connectivity index (χ1) is 15.5. The molecule has 0 radical (unpaired) electrons. The van der Waals surface area contributed by atoms with Crippen molar-refractivity contribution in [3.05, 3.63) is 70.8 Å². The Morgan fingerprint density at radius 1 is 0.618 bits per heavy atom. The number of halogens is 6. The van der Waals surface area contributed by atoms with Crippen molar-refractivity contribution < 1.29 is 40.6 Å². The molecule has 0 amide bonds. The van der Waals surface area contributed by atoms with Gasteiger partial charge in [0.15, 0.2) is 11.2 Å². The second-order valence-corrected chi connectivity index (χ2v) is 8.12. The van der Waals surface area contributed by atoms with Crippen LogP contribution in [0.4, 0.5) is 31.1 Å². The van der Waals surface area contributed by atoms with E-state index < -0.39 is 40.8 Å². The van der Waals surface area contributed by atoms with Gasteiger partial charge in [-0.3, -0.25) is 0 Å². The third-order valence-corrected chi connectivity index (χ3v) is 4.12. The summed E-state index contributed by atoms with van der Waals surface area (Å²) in [5.41, 5.74) is -3.71. The summed E-state index contributed by atoms with van der Waals surface area (Å²) in [5.74, 6) is 10.6. The fraction of sp³-hybridized carbons (Fsp3) is 0.320. The molecule has 0 atom stereocenters. The lowest BCUT2D eigenvalue weighted by molar-refractivity contribution is -0.138. The Bertz CT molecular complexity index is 1040. The molecule has 0 unspecified atom stereocenters. The highest BCUT2D eigenvalue weighted by molar-refractivity contribution is 5.62. The number of hydrogen-bond acceptors (Lipinski definition) is 3. The average molecular weight is 482 g/mol. The molecule has 0 saturated carbocycles. The minimum absolute atomic E-state index is 0.292. The predicted molar refractivity (Wildman–Crippen MR) is 112 cm³/mol. The Hall–Kier alpha value is -3.59. The van der Waals surface area contributed by atoms with Crippen molar-refractivity contribution >= 4 is 6.16 Å². The van der Waals surface area contributed by atoms with Crippen LogP contribution in [0.3, 0.4) is 0 Å². The summed E-state index contributed by atoms with van der Waals surface area (Å²) in [6.45, 7) is 5.86. The van der Waals surface area contributed by atoms with Gasteiger partial charge in [-0.1, -0.05) is 23.7 Å². The van der Waals surface area contributed by atoms with E-state index >= 15 is 0 Å². The first-order valence-electron chi connectivity index (χ1n) is 9.80. The molecule has 180 valence electrons. The highest BCUT2D eigenvalue weighted by Gasteiger charge is 2.31. The molecule has 0 aromatic heterocycles. The van der Waals surface area contributed by atoms with Gasteiger partial charge < -0.3 is 9.47 Å². The summed E-state index contributed by atoms with van der Waals surface area (Å²) < 4.78 is 86.1. The molecular weight excluding hydrogens is 462 g/mol. The zero-order chi connectivity index (χ0) is 25.8. The van der Waals surface area contributed by atoms with E-state index in [9.17, 15) is 31.1 Å². The standard InChI is InChI=1S/C25H20F6O3/c1-22(2,15-13-17-5-9-19(10-6-17)24(26,27)28)33-21(32)34-23(3,4)16-14-18-7-11-20(12-8-18)25(29,30)31/h5-12H,1-4H3. The first kappa shape index (κ1) is 26.7. The molecule has 0 aliphatic carbocycles. The lowest BCUT2D eigenvalue weighted by Crippen LogP contribution is -2.32. The summed E-state index contributed by atoms with van der Waals surface area (Å²) >= 11 is 0. The maximum Gasteiger partial charge on any atom is 0.511 e. The van der Waals surface area contributed by atoms with Crippen molar-refractivity contribution in [2.75, 3.05) is 0 Å². The van der Waals surface area contributed by atoms with Crippen LogP contribution in [0.1, 0.15) is 49.9 Å². The van der Waals surface area contributed by atoms with Crippen LogP contribution in [-0.4, -0.2) is 17.4 Å². The summed E-state index contributed by atoms with van der Waals surface area (Å²) in [6.07, 6.45) is -10.0. The van der Waals surface area contributed by atoms with Crippen molar-refractivity contribution in [1.82, 2.24) is 0 Å². The van der Waals surface area contributed by atoms with Crippen LogP contribution >= 0.6 is 0 Å². The van der Waals surface area contributed by atoms with E-state index in [0.717, 1.165) is 24.3 Å². The number of benzene rings is 2. The van der Waals surface area contributed by atoms with E-state index in [2.05, 4.69) is 23.7 Å². The van der Waals surface area contributed by atoms with Crippen LogP contribution in [0.2, 0.25) is 0 Å². The Kier molecular flexibility index (Phi) is 7.62. The van der Waals surface area contributed by atoms with Gasteiger partial charge >= 0.3 is 18.5 Å². The molecular formula is C25H20F6O3. The molecule has 9 heteroatoms. The van der Waals surface area contributed by atoms with Gasteiger partial charge in [-0.15, -0.1) is 0 Å². The third-order valence-electron chi connectivity index (χ3n) is 4.12. The summed E-state index contributed by atoms with van der Waals surface area (Å²) in [6, 6.07) is 8.37. The van der Waals surface area contributed by atoms with Crippen molar-refractivity contribution in [3.63, 3.8) is 0 Å². The van der Waals surface area contributed by atoms with Gasteiger partial charge in [0.1, 0.15) is 0 Å². The Balaban J connectivity index is 2.01. The normalized spacial score (nSPS) is 12.1. The molecule has 0 bridgehead atoms. The van der Waals surface area contributed by atoms with Crippen LogP contribution in [0.25, 0.3) is 0 Å². The minimum Gasteiger partial charge on any atom is -0.415 e. The van der Waals surface area contributed by atoms with Crippen LogP contribution < -0.4 is 0 Å². The largest absolute Gasteiger partial charge is 0.511 e. The molecule has 2 aromatic rings. The Labute approximate surface area is 193 Å². The van der Waals surface area contributed by atoms with Crippen LogP contribution in [-0.2, 0) is 21.8 Å². The van der Waals surface area contributed by atoms with Gasteiger partial charge in [-0.25, -0.2) is 4.79 Å². The molecule has 0 saturated heterocycles. The summed E-state index contributed by atoms with van der Waals surface area (Å²) in [7, 11) is 0. The number of carbonyl (C=O) groups is 1. The van der Waals surface area contributed by atoms with Crippen LogP contribution in [0, 0.1) is 23.7 Å². The SMILES string of the molecule is CC(C)(C#Cc1ccc(C(F)(F)F)cc1)OC(=O)OC(C)(C)C#Cc1ccc(C(F)(F)F)cc1. The van der Waals surface area contributed by atoms with E-state index in [1.165, 1.54) is 52.0 Å². The lowest BCUT2D eigenvalue weighted by atomic mass is 10.1. The zero-order valence-corrected chi connectivity index (χ0v) is 18.6. The second kappa shape index (κ2) is 9.72. The molecule has 2 rings (SSSR count). The number of carbonyl (C=O) groups excluding carboxylic acids is 1. The molecule has 2 aromatic carbocycles.